The van der Waals surface area contributed by atoms with Crippen molar-refractivity contribution in [2.75, 3.05) is 5.75 Å². The Hall–Kier alpha value is -0.0000000000000000555. The highest BCUT2D eigenvalue weighted by Gasteiger charge is 2.56. The molecule has 0 atom stereocenters. The summed E-state index contributed by atoms with van der Waals surface area (Å²) in [5.41, 5.74) is 0. The molecule has 0 aliphatic carbocycles. The van der Waals surface area contributed by atoms with E-state index in [4.69, 9.17) is 0 Å². The maximum atomic E-state index is 11.4. The molecule has 0 aromatic rings. The van der Waals surface area contributed by atoms with Crippen LogP contribution >= 0.6 is 12.6 Å². The minimum absolute atomic E-state index is 1.61. The van der Waals surface area contributed by atoms with Gasteiger partial charge >= 0.3 is 12.1 Å². The third-order valence-electron chi connectivity index (χ3n) is 0.596. The second kappa shape index (κ2) is 2.32. The summed E-state index contributed by atoms with van der Waals surface area (Å²) in [6.07, 6.45) is -5.49. The van der Waals surface area contributed by atoms with E-state index < -0.39 is 17.9 Å². The second-order valence-electron chi connectivity index (χ2n) is 1.35. The van der Waals surface area contributed by atoms with Crippen LogP contribution in [0.15, 0.2) is 0 Å². The fourth-order valence-corrected chi connectivity index (χ4v) is 0.245. The number of hydrogen-bond donors (Lipinski definition) is 0. The van der Waals surface area contributed by atoms with E-state index in [1.165, 1.54) is 0 Å². The molecule has 0 N–H and O–H groups in total. The molecular formula is C3H2F5S. The number of rotatable bonds is 1. The monoisotopic (exact) mass is 165 g/mol. The fourth-order valence-electron chi connectivity index (χ4n) is 0.0818. The van der Waals surface area contributed by atoms with Gasteiger partial charge in [-0.1, -0.05) is 12.6 Å². The van der Waals surface area contributed by atoms with E-state index in [2.05, 4.69) is 12.6 Å². The molecule has 0 aromatic carbocycles. The van der Waals surface area contributed by atoms with Gasteiger partial charge < -0.3 is 0 Å². The summed E-state index contributed by atoms with van der Waals surface area (Å²) in [5.74, 6) is -6.32. The molecular weight excluding hydrogens is 163 g/mol. The topological polar surface area (TPSA) is 0 Å². The first-order chi connectivity index (χ1) is 3.81. The molecule has 0 nitrogen and oxygen atoms in total. The summed E-state index contributed by atoms with van der Waals surface area (Å²) >= 11 is 3.57. The summed E-state index contributed by atoms with van der Waals surface area (Å²) in [5, 5.41) is 0. The standard InChI is InChI=1S/C3H2F5S/c4-2(5,1-9)3(6,7)8/h1H2. The number of hydrogen-bond acceptors (Lipinski definition) is 0. The van der Waals surface area contributed by atoms with E-state index in [9.17, 15) is 22.0 Å². The van der Waals surface area contributed by atoms with E-state index >= 15 is 0 Å². The maximum absolute atomic E-state index is 11.4. The summed E-state index contributed by atoms with van der Waals surface area (Å²) in [4.78, 5) is 0. The molecule has 0 unspecified atom stereocenters. The van der Waals surface area contributed by atoms with Crippen LogP contribution in [0, 0.1) is 0 Å². The lowest BCUT2D eigenvalue weighted by atomic mass is 10.4. The van der Waals surface area contributed by atoms with Crippen molar-refractivity contribution in [1.29, 1.82) is 0 Å². The molecule has 0 spiro atoms. The first kappa shape index (κ1) is 9.00. The van der Waals surface area contributed by atoms with Crippen LogP contribution < -0.4 is 0 Å². The zero-order valence-corrected chi connectivity index (χ0v) is 4.82. The molecule has 1 radical (unpaired) electrons. The molecule has 0 fully saturated rings. The second-order valence-corrected chi connectivity index (χ2v) is 1.64. The Morgan fingerprint density at radius 2 is 1.33 bits per heavy atom. The highest BCUT2D eigenvalue weighted by atomic mass is 32.1. The molecule has 0 amide bonds. The van der Waals surface area contributed by atoms with Gasteiger partial charge in [0.2, 0.25) is 0 Å². The summed E-state index contributed by atoms with van der Waals surface area (Å²) < 4.78 is 55.9. The average Bonchev–Trinajstić information content (AvgIpc) is 1.64. The Bertz CT molecular complexity index is 94.9. The van der Waals surface area contributed by atoms with Gasteiger partial charge in [-0.3, -0.25) is 0 Å². The summed E-state index contributed by atoms with van der Waals surface area (Å²) in [6.45, 7) is 0. The third kappa shape index (κ3) is 2.00. The van der Waals surface area contributed by atoms with E-state index in [0.717, 1.165) is 0 Å². The molecule has 0 rings (SSSR count). The van der Waals surface area contributed by atoms with Crippen molar-refractivity contribution in [1.82, 2.24) is 0 Å². The van der Waals surface area contributed by atoms with Crippen LogP contribution in [0.2, 0.25) is 0 Å². The van der Waals surface area contributed by atoms with Gasteiger partial charge in [0.05, 0.1) is 5.75 Å². The van der Waals surface area contributed by atoms with E-state index in [-0.39, 0.29) is 0 Å². The molecule has 9 heavy (non-hydrogen) atoms. The van der Waals surface area contributed by atoms with Crippen molar-refractivity contribution in [3.8, 4) is 0 Å². The van der Waals surface area contributed by atoms with E-state index in [1.807, 2.05) is 0 Å². The number of alkyl halides is 5. The van der Waals surface area contributed by atoms with Crippen LogP contribution in [0.25, 0.3) is 0 Å². The normalized spacial score (nSPS) is 14.0. The van der Waals surface area contributed by atoms with Crippen molar-refractivity contribution < 1.29 is 22.0 Å². The molecule has 0 heterocycles. The van der Waals surface area contributed by atoms with Gasteiger partial charge in [-0.05, 0) is 0 Å². The molecule has 0 aliphatic heterocycles. The van der Waals surface area contributed by atoms with Crippen LogP contribution in [0.5, 0.6) is 0 Å². The molecule has 0 aliphatic rings. The van der Waals surface area contributed by atoms with Gasteiger partial charge in [0.25, 0.3) is 0 Å². The molecule has 0 bridgehead atoms. The maximum Gasteiger partial charge on any atom is 0.454 e. The molecule has 6 heteroatoms. The van der Waals surface area contributed by atoms with Crippen LogP contribution in [0.4, 0.5) is 22.0 Å². The van der Waals surface area contributed by atoms with E-state index in [1.54, 1.807) is 0 Å². The van der Waals surface area contributed by atoms with Crippen LogP contribution in [0.3, 0.4) is 0 Å². The highest BCUT2D eigenvalue weighted by Crippen LogP contribution is 2.35. The molecule has 0 saturated carbocycles. The van der Waals surface area contributed by atoms with Gasteiger partial charge in [-0.25, -0.2) is 0 Å². The SMILES string of the molecule is FC(F)(F)C(F)(F)C[S]. The Morgan fingerprint density at radius 1 is 1.00 bits per heavy atom. The lowest BCUT2D eigenvalue weighted by molar-refractivity contribution is -0.270. The van der Waals surface area contributed by atoms with Gasteiger partial charge in [0.15, 0.2) is 0 Å². The van der Waals surface area contributed by atoms with Gasteiger partial charge in [0.1, 0.15) is 0 Å². The highest BCUT2D eigenvalue weighted by molar-refractivity contribution is 7.80. The first-order valence-corrected chi connectivity index (χ1v) is 2.41. The Labute approximate surface area is 53.5 Å². The molecule has 0 aromatic heterocycles. The van der Waals surface area contributed by atoms with Gasteiger partial charge in [0, 0.05) is 0 Å². The minimum Gasteiger partial charge on any atom is -0.195 e. The van der Waals surface area contributed by atoms with E-state index in [0.29, 0.717) is 0 Å². The van der Waals surface area contributed by atoms with Crippen LogP contribution in [-0.2, 0) is 0 Å². The van der Waals surface area contributed by atoms with Crippen molar-refractivity contribution in [2.24, 2.45) is 0 Å². The van der Waals surface area contributed by atoms with Crippen molar-refractivity contribution in [3.05, 3.63) is 0 Å². The van der Waals surface area contributed by atoms with Crippen molar-refractivity contribution in [2.45, 2.75) is 12.1 Å². The Balaban J connectivity index is 4.14. The van der Waals surface area contributed by atoms with Gasteiger partial charge in [-0.2, -0.15) is 22.0 Å². The fraction of sp³-hybridized carbons (Fsp3) is 1.00. The smallest absolute Gasteiger partial charge is 0.195 e. The lowest BCUT2D eigenvalue weighted by Gasteiger charge is -2.15. The summed E-state index contributed by atoms with van der Waals surface area (Å²) in [7, 11) is 0. The minimum atomic E-state index is -5.49. The Kier molecular flexibility index (Phi) is 2.32. The van der Waals surface area contributed by atoms with Crippen molar-refractivity contribution in [3.63, 3.8) is 0 Å². The third-order valence-corrected chi connectivity index (χ3v) is 0.959. The predicted molar refractivity (Wildman–Crippen MR) is 23.5 cm³/mol. The quantitative estimate of drug-likeness (QED) is 0.523. The predicted octanol–water partition coefficient (Wildman–Crippen LogP) is 2.38. The zero-order chi connectivity index (χ0) is 7.71. The summed E-state index contributed by atoms with van der Waals surface area (Å²) in [6, 6.07) is 0. The first-order valence-electron chi connectivity index (χ1n) is 1.84. The number of halogens is 5. The molecule has 0 saturated heterocycles. The van der Waals surface area contributed by atoms with Crippen molar-refractivity contribution >= 4 is 12.6 Å². The van der Waals surface area contributed by atoms with Crippen LogP contribution in [0.1, 0.15) is 0 Å². The lowest BCUT2D eigenvalue weighted by Crippen LogP contribution is -2.37. The average molecular weight is 165 g/mol. The largest absolute Gasteiger partial charge is 0.454 e. The van der Waals surface area contributed by atoms with Crippen LogP contribution in [-0.4, -0.2) is 17.9 Å². The van der Waals surface area contributed by atoms with Gasteiger partial charge in [-0.15, -0.1) is 0 Å². The molecule has 55 valence electrons. The Morgan fingerprint density at radius 3 is 1.33 bits per heavy atom. The zero-order valence-electron chi connectivity index (χ0n) is 4.01.